The molecule has 0 aliphatic carbocycles. The number of aromatic nitrogens is 1. The minimum Gasteiger partial charge on any atom is -0.382 e. The van der Waals surface area contributed by atoms with Crippen molar-refractivity contribution in [2.45, 2.75) is 30.3 Å². The minimum atomic E-state index is -3.13. The Kier molecular flexibility index (Phi) is 6.77. The second-order valence-corrected chi connectivity index (χ2v) is 9.56. The van der Waals surface area contributed by atoms with Crippen molar-refractivity contribution in [2.24, 2.45) is 0 Å². The van der Waals surface area contributed by atoms with Crippen molar-refractivity contribution in [2.75, 3.05) is 24.7 Å². The maximum absolute atomic E-state index is 11.6. The maximum Gasteiger partial charge on any atom is 0.175 e. The summed E-state index contributed by atoms with van der Waals surface area (Å²) < 4.78 is 23.1. The molecule has 0 amide bonds. The summed E-state index contributed by atoms with van der Waals surface area (Å²) in [5.41, 5.74) is 2.32. The molecule has 1 N–H and O–H groups in total. The van der Waals surface area contributed by atoms with E-state index in [1.807, 2.05) is 30.6 Å². The van der Waals surface area contributed by atoms with E-state index >= 15 is 0 Å². The number of likely N-dealkylation sites (tertiary alicyclic amines) is 1. The van der Waals surface area contributed by atoms with E-state index in [0.29, 0.717) is 10.9 Å². The van der Waals surface area contributed by atoms with Crippen LogP contribution in [0.15, 0.2) is 65.8 Å². The number of anilines is 1. The van der Waals surface area contributed by atoms with Crippen LogP contribution in [0.5, 0.6) is 0 Å². The molecule has 2 heterocycles. The minimum absolute atomic E-state index is 0. The molecule has 0 unspecified atom stereocenters. The lowest BCUT2D eigenvalue weighted by Gasteiger charge is -2.33. The van der Waals surface area contributed by atoms with Gasteiger partial charge in [0, 0.05) is 55.4 Å². The van der Waals surface area contributed by atoms with Gasteiger partial charge < -0.3 is 5.32 Å². The number of sulfone groups is 1. The number of benzene rings is 2. The van der Waals surface area contributed by atoms with E-state index in [4.69, 9.17) is 0 Å². The van der Waals surface area contributed by atoms with E-state index in [1.165, 1.54) is 11.6 Å². The summed E-state index contributed by atoms with van der Waals surface area (Å²) >= 11 is 0. The molecule has 4 rings (SSSR count). The molecular formula is C22H26ClN3O2S. The van der Waals surface area contributed by atoms with Crippen molar-refractivity contribution in [3.63, 3.8) is 0 Å². The first kappa shape index (κ1) is 21.6. The number of rotatable bonds is 5. The van der Waals surface area contributed by atoms with Gasteiger partial charge in [0.2, 0.25) is 0 Å². The molecule has 1 aliphatic rings. The van der Waals surface area contributed by atoms with Crippen molar-refractivity contribution in [3.05, 3.63) is 66.5 Å². The summed E-state index contributed by atoms with van der Waals surface area (Å²) in [6.45, 7) is 2.92. The van der Waals surface area contributed by atoms with E-state index in [1.54, 1.807) is 12.1 Å². The van der Waals surface area contributed by atoms with Gasteiger partial charge in [-0.3, -0.25) is 9.88 Å². The van der Waals surface area contributed by atoms with Crippen molar-refractivity contribution >= 4 is 38.7 Å². The quantitative estimate of drug-likeness (QED) is 0.657. The molecular weight excluding hydrogens is 406 g/mol. The average Bonchev–Trinajstić information content (AvgIpc) is 2.69. The molecule has 5 nitrogen and oxygen atoms in total. The lowest BCUT2D eigenvalue weighted by molar-refractivity contribution is 0.211. The fraction of sp³-hybridized carbons (Fsp3) is 0.318. The zero-order valence-corrected chi connectivity index (χ0v) is 18.0. The molecule has 0 radical (unpaired) electrons. The van der Waals surface area contributed by atoms with Gasteiger partial charge in [0.05, 0.1) is 4.90 Å². The molecule has 1 fully saturated rings. The third-order valence-corrected chi connectivity index (χ3v) is 6.49. The first-order valence-corrected chi connectivity index (χ1v) is 11.5. The van der Waals surface area contributed by atoms with Crippen LogP contribution in [0.1, 0.15) is 18.4 Å². The lowest BCUT2D eigenvalue weighted by atomic mass is 10.0. The topological polar surface area (TPSA) is 62.3 Å². The monoisotopic (exact) mass is 431 g/mol. The third-order valence-electron chi connectivity index (χ3n) is 5.36. The van der Waals surface area contributed by atoms with Gasteiger partial charge in [-0.2, -0.15) is 0 Å². The van der Waals surface area contributed by atoms with Gasteiger partial charge in [-0.1, -0.05) is 18.2 Å². The van der Waals surface area contributed by atoms with Crippen LogP contribution in [0.3, 0.4) is 0 Å². The molecule has 0 atom stereocenters. The average molecular weight is 432 g/mol. The Balaban J connectivity index is 0.00000240. The van der Waals surface area contributed by atoms with Gasteiger partial charge in [0.25, 0.3) is 0 Å². The van der Waals surface area contributed by atoms with Crippen LogP contribution in [0, 0.1) is 0 Å². The highest BCUT2D eigenvalue weighted by Gasteiger charge is 2.19. The smallest absolute Gasteiger partial charge is 0.175 e. The lowest BCUT2D eigenvalue weighted by Crippen LogP contribution is -2.38. The fourth-order valence-corrected chi connectivity index (χ4v) is 4.37. The van der Waals surface area contributed by atoms with Crippen molar-refractivity contribution in [1.82, 2.24) is 9.88 Å². The largest absolute Gasteiger partial charge is 0.382 e. The number of hydrogen-bond donors (Lipinski definition) is 1. The summed E-state index contributed by atoms with van der Waals surface area (Å²) in [6.07, 6.45) is 7.14. The molecule has 3 aromatic rings. The van der Waals surface area contributed by atoms with Crippen LogP contribution in [-0.2, 0) is 16.4 Å². The van der Waals surface area contributed by atoms with Crippen LogP contribution >= 0.6 is 12.4 Å². The van der Waals surface area contributed by atoms with Crippen LogP contribution in [0.4, 0.5) is 5.69 Å². The molecule has 29 heavy (non-hydrogen) atoms. The predicted octanol–water partition coefficient (Wildman–Crippen LogP) is 4.14. The zero-order chi connectivity index (χ0) is 19.6. The van der Waals surface area contributed by atoms with Gasteiger partial charge in [0.1, 0.15) is 0 Å². The molecule has 0 saturated carbocycles. The SMILES string of the molecule is CS(=O)(=O)c1ccc(CN2CCC(Nc3ccc4cnccc4c3)CC2)cc1.Cl. The third kappa shape index (κ3) is 5.47. The number of piperidine rings is 1. The Labute approximate surface area is 178 Å². The van der Waals surface area contributed by atoms with Gasteiger partial charge in [-0.25, -0.2) is 8.42 Å². The summed E-state index contributed by atoms with van der Waals surface area (Å²) in [4.78, 5) is 6.97. The Bertz CT molecular complexity index is 1060. The Morgan fingerprint density at radius 2 is 1.76 bits per heavy atom. The molecule has 154 valence electrons. The first-order chi connectivity index (χ1) is 13.5. The van der Waals surface area contributed by atoms with E-state index < -0.39 is 9.84 Å². The Hall–Kier alpha value is -2.15. The highest BCUT2D eigenvalue weighted by Crippen LogP contribution is 2.22. The molecule has 0 spiro atoms. The normalized spacial score (nSPS) is 15.8. The molecule has 7 heteroatoms. The van der Waals surface area contributed by atoms with E-state index in [0.717, 1.165) is 49.1 Å². The molecule has 2 aromatic carbocycles. The molecule has 1 aromatic heterocycles. The predicted molar refractivity (Wildman–Crippen MR) is 120 cm³/mol. The molecule has 1 aliphatic heterocycles. The van der Waals surface area contributed by atoms with Gasteiger partial charge >= 0.3 is 0 Å². The summed E-state index contributed by atoms with van der Waals surface area (Å²) in [5.74, 6) is 0. The number of nitrogens with one attached hydrogen (secondary N) is 1. The number of hydrogen-bond acceptors (Lipinski definition) is 5. The van der Waals surface area contributed by atoms with Crippen LogP contribution in [0.25, 0.3) is 10.8 Å². The van der Waals surface area contributed by atoms with Gasteiger partial charge in [0.15, 0.2) is 9.84 Å². The Morgan fingerprint density at radius 1 is 1.03 bits per heavy atom. The maximum atomic E-state index is 11.6. The molecule has 0 bridgehead atoms. The van der Waals surface area contributed by atoms with Crippen LogP contribution in [0.2, 0.25) is 0 Å². The second kappa shape index (κ2) is 9.11. The number of pyridine rings is 1. The van der Waals surface area contributed by atoms with E-state index in [2.05, 4.69) is 33.4 Å². The first-order valence-electron chi connectivity index (χ1n) is 9.59. The van der Waals surface area contributed by atoms with Crippen molar-refractivity contribution < 1.29 is 8.42 Å². The standard InChI is InChI=1S/C22H25N3O2S.ClH/c1-28(26,27)22-6-2-17(3-7-22)16-25-12-9-20(10-13-25)24-21-5-4-19-15-23-11-8-18(19)14-21;/h2-8,11,14-15,20,24H,9-10,12-13,16H2,1H3;1H. The Morgan fingerprint density at radius 3 is 2.45 bits per heavy atom. The van der Waals surface area contributed by atoms with Crippen LogP contribution in [-0.4, -0.2) is 43.7 Å². The fourth-order valence-electron chi connectivity index (χ4n) is 3.74. The number of nitrogens with zero attached hydrogens (tertiary/aromatic N) is 2. The van der Waals surface area contributed by atoms with Gasteiger partial charge in [-0.05, 0) is 54.1 Å². The highest BCUT2D eigenvalue weighted by molar-refractivity contribution is 7.90. The molecule has 1 saturated heterocycles. The van der Waals surface area contributed by atoms with Gasteiger partial charge in [-0.15, -0.1) is 12.4 Å². The number of halogens is 1. The van der Waals surface area contributed by atoms with E-state index in [-0.39, 0.29) is 12.4 Å². The van der Waals surface area contributed by atoms with E-state index in [9.17, 15) is 8.42 Å². The summed E-state index contributed by atoms with van der Waals surface area (Å²) in [7, 11) is -3.13. The second-order valence-electron chi connectivity index (χ2n) is 7.55. The summed E-state index contributed by atoms with van der Waals surface area (Å²) in [5, 5.41) is 6.03. The van der Waals surface area contributed by atoms with Crippen LogP contribution < -0.4 is 5.32 Å². The zero-order valence-electron chi connectivity index (χ0n) is 16.4. The van der Waals surface area contributed by atoms with Crippen molar-refractivity contribution in [1.29, 1.82) is 0 Å². The highest BCUT2D eigenvalue weighted by atomic mass is 35.5. The summed E-state index contributed by atoms with van der Waals surface area (Å²) in [6, 6.07) is 16.2. The number of fused-ring (bicyclic) bond motifs is 1. The van der Waals surface area contributed by atoms with Crippen molar-refractivity contribution in [3.8, 4) is 0 Å².